The summed E-state index contributed by atoms with van der Waals surface area (Å²) in [6.07, 6.45) is -3.35. The maximum atomic E-state index is 13.8. The van der Waals surface area contributed by atoms with Crippen molar-refractivity contribution in [3.63, 3.8) is 0 Å². The predicted molar refractivity (Wildman–Crippen MR) is 111 cm³/mol. The lowest BCUT2D eigenvalue weighted by Gasteiger charge is -2.35. The van der Waals surface area contributed by atoms with Crippen LogP contribution in [0.3, 0.4) is 0 Å². The highest BCUT2D eigenvalue weighted by atomic mass is 19.3. The molecule has 2 fully saturated rings. The lowest BCUT2D eigenvalue weighted by molar-refractivity contribution is -0.134. The Kier molecular flexibility index (Phi) is 8.25. The topological polar surface area (TPSA) is 105 Å². The predicted octanol–water partition coefficient (Wildman–Crippen LogP) is 2.15. The summed E-state index contributed by atoms with van der Waals surface area (Å²) >= 11 is 0. The third kappa shape index (κ3) is 6.20. The summed E-state index contributed by atoms with van der Waals surface area (Å²) in [5.74, 6) is -2.56. The molecule has 1 atom stereocenters. The van der Waals surface area contributed by atoms with Gasteiger partial charge in [0.1, 0.15) is 6.61 Å². The molecule has 0 aromatic heterocycles. The van der Waals surface area contributed by atoms with Crippen LogP contribution in [0.2, 0.25) is 0 Å². The molecule has 1 saturated heterocycles. The summed E-state index contributed by atoms with van der Waals surface area (Å²) in [4.78, 5) is 39.2. The monoisotopic (exact) mass is 474 g/mol. The number of nitrogens with two attached hydrogens (primary N) is 1. The Morgan fingerprint density at radius 2 is 1.97 bits per heavy atom. The summed E-state index contributed by atoms with van der Waals surface area (Å²) in [5, 5.41) is 2.24. The zero-order valence-electron chi connectivity index (χ0n) is 17.8. The summed E-state index contributed by atoms with van der Waals surface area (Å²) in [6.45, 7) is -0.525. The Morgan fingerprint density at radius 1 is 1.24 bits per heavy atom. The fourth-order valence-electron chi connectivity index (χ4n) is 3.95. The zero-order chi connectivity index (χ0) is 24.1. The first-order valence-electron chi connectivity index (χ1n) is 10.6. The maximum Gasteiger partial charge on any atom is 0.265 e. The number of nitrogens with one attached hydrogen (secondary N) is 1. The molecule has 3 rings (SSSR count). The number of amides is 3. The van der Waals surface area contributed by atoms with Crippen molar-refractivity contribution in [1.29, 1.82) is 0 Å². The van der Waals surface area contributed by atoms with E-state index in [0.717, 1.165) is 30.2 Å². The molecule has 0 unspecified atom stereocenters. The number of hydrogen-bond donors (Lipinski definition) is 2. The number of benzene rings is 1. The van der Waals surface area contributed by atoms with Crippen LogP contribution in [0.15, 0.2) is 18.2 Å². The second-order valence-corrected chi connectivity index (χ2v) is 8.11. The van der Waals surface area contributed by atoms with Gasteiger partial charge in [0.05, 0.1) is 13.2 Å². The van der Waals surface area contributed by atoms with Crippen LogP contribution in [0.25, 0.3) is 0 Å². The maximum absolute atomic E-state index is 13.8. The SMILES string of the molecule is NC(=O)[C@H](C(=O)Nc1ccc(N2CCOCC2=O)cc1C(F)F)N(CC(F)F)CC1CCC1. The minimum absolute atomic E-state index is 0.0559. The second-order valence-electron chi connectivity index (χ2n) is 8.11. The van der Waals surface area contributed by atoms with E-state index >= 15 is 0 Å². The van der Waals surface area contributed by atoms with Crippen LogP contribution in [-0.2, 0) is 19.1 Å². The van der Waals surface area contributed by atoms with Gasteiger partial charge in [0.2, 0.25) is 5.91 Å². The number of carbonyl (C=O) groups excluding carboxylic acids is 3. The van der Waals surface area contributed by atoms with Crippen molar-refractivity contribution < 1.29 is 36.7 Å². The molecule has 1 aromatic rings. The lowest BCUT2D eigenvalue weighted by Crippen LogP contribution is -2.55. The number of primary amides is 1. The molecule has 33 heavy (non-hydrogen) atoms. The van der Waals surface area contributed by atoms with Crippen molar-refractivity contribution in [2.75, 3.05) is 43.1 Å². The van der Waals surface area contributed by atoms with Gasteiger partial charge in [-0.3, -0.25) is 19.3 Å². The largest absolute Gasteiger partial charge is 0.370 e. The fourth-order valence-corrected chi connectivity index (χ4v) is 3.95. The van der Waals surface area contributed by atoms with Crippen molar-refractivity contribution in [2.45, 2.75) is 38.2 Å². The normalized spacial score (nSPS) is 18.0. The summed E-state index contributed by atoms with van der Waals surface area (Å²) < 4.78 is 58.8. The van der Waals surface area contributed by atoms with Gasteiger partial charge in [-0.1, -0.05) is 6.42 Å². The van der Waals surface area contributed by atoms with Crippen LogP contribution in [0, 0.1) is 5.92 Å². The molecule has 0 spiro atoms. The number of carbonyl (C=O) groups is 3. The Morgan fingerprint density at radius 3 is 2.52 bits per heavy atom. The smallest absolute Gasteiger partial charge is 0.265 e. The molecule has 1 aliphatic heterocycles. The van der Waals surface area contributed by atoms with Crippen molar-refractivity contribution in [3.8, 4) is 0 Å². The molecule has 8 nitrogen and oxygen atoms in total. The molecule has 0 bridgehead atoms. The van der Waals surface area contributed by atoms with E-state index < -0.39 is 48.7 Å². The van der Waals surface area contributed by atoms with Crippen LogP contribution in [0.5, 0.6) is 0 Å². The Hall–Kier alpha value is -2.73. The average Bonchev–Trinajstić information content (AvgIpc) is 2.70. The van der Waals surface area contributed by atoms with E-state index in [2.05, 4.69) is 5.32 Å². The quantitative estimate of drug-likeness (QED) is 0.400. The molecule has 12 heteroatoms. The van der Waals surface area contributed by atoms with Gasteiger partial charge in [0.15, 0.2) is 6.04 Å². The molecule has 3 N–H and O–H groups in total. The van der Waals surface area contributed by atoms with Crippen LogP contribution >= 0.6 is 0 Å². The number of anilines is 2. The highest BCUT2D eigenvalue weighted by Gasteiger charge is 2.36. The molecular formula is C21H26F4N4O4. The highest BCUT2D eigenvalue weighted by molar-refractivity contribution is 6.10. The zero-order valence-corrected chi connectivity index (χ0v) is 17.8. The van der Waals surface area contributed by atoms with Gasteiger partial charge < -0.3 is 20.7 Å². The second kappa shape index (κ2) is 10.9. The minimum Gasteiger partial charge on any atom is -0.370 e. The average molecular weight is 474 g/mol. The molecule has 182 valence electrons. The van der Waals surface area contributed by atoms with Gasteiger partial charge in [-0.25, -0.2) is 17.6 Å². The van der Waals surface area contributed by atoms with E-state index in [4.69, 9.17) is 10.5 Å². The van der Waals surface area contributed by atoms with Gasteiger partial charge >= 0.3 is 0 Å². The Balaban J connectivity index is 1.83. The number of morpholine rings is 1. The molecule has 1 aromatic carbocycles. The summed E-state index contributed by atoms with van der Waals surface area (Å²) in [7, 11) is 0. The van der Waals surface area contributed by atoms with Crippen molar-refractivity contribution >= 4 is 29.1 Å². The van der Waals surface area contributed by atoms with E-state index in [1.54, 1.807) is 0 Å². The fraction of sp³-hybridized carbons (Fsp3) is 0.571. The lowest BCUT2D eigenvalue weighted by atomic mass is 9.84. The molecular weight excluding hydrogens is 448 g/mol. The number of hydrogen-bond acceptors (Lipinski definition) is 5. The molecule has 1 saturated carbocycles. The Labute approximate surface area is 188 Å². The van der Waals surface area contributed by atoms with E-state index in [9.17, 15) is 31.9 Å². The van der Waals surface area contributed by atoms with Crippen LogP contribution in [-0.4, -0.2) is 67.9 Å². The van der Waals surface area contributed by atoms with Crippen molar-refractivity contribution in [2.24, 2.45) is 11.7 Å². The van der Waals surface area contributed by atoms with Crippen LogP contribution in [0.1, 0.15) is 31.3 Å². The first-order chi connectivity index (χ1) is 15.7. The highest BCUT2D eigenvalue weighted by Crippen LogP contribution is 2.32. The van der Waals surface area contributed by atoms with Gasteiger partial charge in [0.25, 0.3) is 24.7 Å². The van der Waals surface area contributed by atoms with Gasteiger partial charge in [-0.2, -0.15) is 0 Å². The molecule has 2 aliphatic rings. The first-order valence-corrected chi connectivity index (χ1v) is 10.6. The summed E-state index contributed by atoms with van der Waals surface area (Å²) in [5.41, 5.74) is 4.67. The van der Waals surface area contributed by atoms with E-state index in [1.165, 1.54) is 17.0 Å². The van der Waals surface area contributed by atoms with E-state index in [-0.39, 0.29) is 43.6 Å². The van der Waals surface area contributed by atoms with E-state index in [1.807, 2.05) is 0 Å². The van der Waals surface area contributed by atoms with Crippen LogP contribution < -0.4 is 16.0 Å². The van der Waals surface area contributed by atoms with Crippen molar-refractivity contribution in [3.05, 3.63) is 23.8 Å². The first kappa shape index (κ1) is 24.9. The molecule has 1 heterocycles. The number of halogens is 4. The standard InChI is InChI=1S/C21H26F4N4O4/c22-16(23)10-28(9-12-2-1-3-12)18(20(26)31)21(32)27-15-5-4-13(8-14(15)19(24)25)29-6-7-33-11-17(29)30/h4-5,8,12,16,18-19H,1-3,6-7,9-11H2,(H2,26,31)(H,27,32)/t18-/m1/s1. The number of rotatable bonds is 10. The summed E-state index contributed by atoms with van der Waals surface area (Å²) in [6, 6.07) is 1.87. The molecule has 3 amide bonds. The van der Waals surface area contributed by atoms with E-state index in [0.29, 0.717) is 0 Å². The molecule has 0 radical (unpaired) electrons. The third-order valence-electron chi connectivity index (χ3n) is 5.80. The number of alkyl halides is 4. The van der Waals surface area contributed by atoms with Gasteiger partial charge in [-0.05, 0) is 37.0 Å². The number of ether oxygens (including phenoxy) is 1. The minimum atomic E-state index is -3.02. The molecule has 1 aliphatic carbocycles. The van der Waals surface area contributed by atoms with Crippen molar-refractivity contribution in [1.82, 2.24) is 4.90 Å². The van der Waals surface area contributed by atoms with Gasteiger partial charge in [-0.15, -0.1) is 0 Å². The number of nitrogens with zero attached hydrogens (tertiary/aromatic N) is 2. The Bertz CT molecular complexity index is 882. The van der Waals surface area contributed by atoms with Crippen LogP contribution in [0.4, 0.5) is 28.9 Å². The third-order valence-corrected chi connectivity index (χ3v) is 5.80. The van der Waals surface area contributed by atoms with Gasteiger partial charge in [0, 0.05) is 30.0 Å².